The molecule has 0 unspecified atom stereocenters. The molecule has 34 heavy (non-hydrogen) atoms. The quantitative estimate of drug-likeness (QED) is 0.463. The van der Waals surface area contributed by atoms with Crippen LogP contribution in [0.15, 0.2) is 76.0 Å². The molecule has 0 saturated carbocycles. The van der Waals surface area contributed by atoms with Crippen molar-refractivity contribution in [1.29, 1.82) is 0 Å². The summed E-state index contributed by atoms with van der Waals surface area (Å²) in [5.41, 5.74) is 0.291. The van der Waals surface area contributed by atoms with E-state index in [0.29, 0.717) is 30.3 Å². The van der Waals surface area contributed by atoms with Crippen LogP contribution >= 0.6 is 0 Å². The zero-order valence-corrected chi connectivity index (χ0v) is 19.1. The molecule has 1 saturated heterocycles. The van der Waals surface area contributed by atoms with Gasteiger partial charge >= 0.3 is 5.97 Å². The van der Waals surface area contributed by atoms with E-state index in [0.717, 1.165) is 12.8 Å². The van der Waals surface area contributed by atoms with E-state index in [1.807, 2.05) is 18.2 Å². The number of nitrogens with one attached hydrogen (secondary N) is 1. The van der Waals surface area contributed by atoms with Crippen molar-refractivity contribution in [3.8, 4) is 5.75 Å². The first-order valence-electron chi connectivity index (χ1n) is 10.8. The van der Waals surface area contributed by atoms with E-state index in [1.165, 1.54) is 22.5 Å². The summed E-state index contributed by atoms with van der Waals surface area (Å²) in [5.74, 6) is -0.374. The van der Waals surface area contributed by atoms with E-state index in [-0.39, 0.29) is 17.3 Å². The van der Waals surface area contributed by atoms with Crippen LogP contribution in [0.4, 0.5) is 5.69 Å². The molecule has 0 atom stereocenters. The van der Waals surface area contributed by atoms with Crippen molar-refractivity contribution in [3.63, 3.8) is 0 Å². The van der Waals surface area contributed by atoms with E-state index < -0.39 is 28.5 Å². The topological polar surface area (TPSA) is 115 Å². The Hall–Kier alpha value is -3.63. The van der Waals surface area contributed by atoms with Gasteiger partial charge < -0.3 is 19.2 Å². The zero-order valence-electron chi connectivity index (χ0n) is 18.3. The lowest BCUT2D eigenvalue weighted by Crippen LogP contribution is -2.28. The van der Waals surface area contributed by atoms with Crippen LogP contribution in [0.2, 0.25) is 0 Å². The number of carbonyl (C=O) groups is 2. The van der Waals surface area contributed by atoms with E-state index in [9.17, 15) is 18.0 Å². The predicted molar refractivity (Wildman–Crippen MR) is 123 cm³/mol. The first-order valence-corrected chi connectivity index (χ1v) is 12.2. The number of rotatable bonds is 9. The molecule has 0 spiro atoms. The summed E-state index contributed by atoms with van der Waals surface area (Å²) >= 11 is 0. The SMILES string of the molecule is O=C(COC(=O)c1ccc(COc2ccccc2)o1)Nc1cccc(S(=O)(=O)N2CCCC2)c1. The minimum Gasteiger partial charge on any atom is -0.486 e. The number of ether oxygens (including phenoxy) is 2. The molecule has 0 bridgehead atoms. The molecule has 0 aliphatic carbocycles. The Morgan fingerprint density at radius 3 is 2.50 bits per heavy atom. The summed E-state index contributed by atoms with van der Waals surface area (Å²) in [7, 11) is -3.61. The van der Waals surface area contributed by atoms with Gasteiger partial charge in [-0.1, -0.05) is 24.3 Å². The number of amides is 1. The van der Waals surface area contributed by atoms with Crippen LogP contribution in [0.25, 0.3) is 0 Å². The second-order valence-corrected chi connectivity index (χ2v) is 9.57. The van der Waals surface area contributed by atoms with Gasteiger partial charge in [-0.25, -0.2) is 13.2 Å². The third-order valence-electron chi connectivity index (χ3n) is 5.14. The molecule has 0 radical (unpaired) electrons. The van der Waals surface area contributed by atoms with E-state index in [4.69, 9.17) is 13.9 Å². The number of hydrogen-bond acceptors (Lipinski definition) is 7. The van der Waals surface area contributed by atoms with Crippen LogP contribution in [0.5, 0.6) is 5.75 Å². The fraction of sp³-hybridized carbons (Fsp3) is 0.250. The molecule has 1 aliphatic heterocycles. The average molecular weight is 485 g/mol. The van der Waals surface area contributed by atoms with Crippen LogP contribution in [0.3, 0.4) is 0 Å². The molecule has 1 N–H and O–H groups in total. The molecule has 10 heteroatoms. The van der Waals surface area contributed by atoms with Gasteiger partial charge in [0.2, 0.25) is 15.8 Å². The van der Waals surface area contributed by atoms with Crippen LogP contribution in [-0.2, 0) is 26.2 Å². The van der Waals surface area contributed by atoms with Gasteiger partial charge in [-0.3, -0.25) is 4.79 Å². The summed E-state index contributed by atoms with van der Waals surface area (Å²) < 4.78 is 42.8. The van der Waals surface area contributed by atoms with E-state index in [1.54, 1.807) is 30.3 Å². The van der Waals surface area contributed by atoms with Crippen LogP contribution < -0.4 is 10.1 Å². The number of hydrogen-bond donors (Lipinski definition) is 1. The Bertz CT molecular complexity index is 1250. The van der Waals surface area contributed by atoms with Crippen LogP contribution in [0, 0.1) is 0 Å². The molecule has 4 rings (SSSR count). The number of sulfonamides is 1. The number of carbonyl (C=O) groups excluding carboxylic acids is 2. The highest BCUT2D eigenvalue weighted by Crippen LogP contribution is 2.23. The number of anilines is 1. The Kier molecular flexibility index (Phi) is 7.29. The lowest BCUT2D eigenvalue weighted by Gasteiger charge is -2.16. The summed E-state index contributed by atoms with van der Waals surface area (Å²) in [4.78, 5) is 24.5. The molecule has 1 aliphatic rings. The second-order valence-electron chi connectivity index (χ2n) is 7.63. The van der Waals surface area contributed by atoms with Gasteiger partial charge in [0.15, 0.2) is 6.61 Å². The third-order valence-corrected chi connectivity index (χ3v) is 7.04. The van der Waals surface area contributed by atoms with Crippen molar-refractivity contribution in [3.05, 3.63) is 78.3 Å². The molecular weight excluding hydrogens is 460 g/mol. The summed E-state index contributed by atoms with van der Waals surface area (Å²) in [5, 5.41) is 2.55. The zero-order chi connectivity index (χ0) is 24.0. The maximum atomic E-state index is 12.7. The standard InChI is InChI=1S/C24H24N2O7S/c27-23(25-18-7-6-10-21(15-18)34(29,30)26-13-4-5-14-26)17-32-24(28)22-12-11-20(33-22)16-31-19-8-2-1-3-9-19/h1-3,6-12,15H,4-5,13-14,16-17H2,(H,25,27). The van der Waals surface area contributed by atoms with Gasteiger partial charge in [0, 0.05) is 18.8 Å². The molecule has 178 valence electrons. The maximum absolute atomic E-state index is 12.7. The number of nitrogens with zero attached hydrogens (tertiary/aromatic N) is 1. The first-order chi connectivity index (χ1) is 16.4. The Morgan fingerprint density at radius 1 is 0.971 bits per heavy atom. The Labute approximate surface area is 197 Å². The summed E-state index contributed by atoms with van der Waals surface area (Å²) in [6.45, 7) is 0.552. The number of esters is 1. The lowest BCUT2D eigenvalue weighted by molar-refractivity contribution is -0.119. The second kappa shape index (κ2) is 10.5. The molecule has 3 aromatic rings. The Morgan fingerprint density at radius 2 is 1.74 bits per heavy atom. The Balaban J connectivity index is 1.28. The van der Waals surface area contributed by atoms with E-state index >= 15 is 0 Å². The highest BCUT2D eigenvalue weighted by atomic mass is 32.2. The summed E-state index contributed by atoms with van der Waals surface area (Å²) in [6.07, 6.45) is 1.66. The molecule has 9 nitrogen and oxygen atoms in total. The van der Waals surface area contributed by atoms with Crippen molar-refractivity contribution >= 4 is 27.6 Å². The molecule has 1 amide bonds. The van der Waals surface area contributed by atoms with Gasteiger partial charge in [0.25, 0.3) is 5.91 Å². The monoisotopic (exact) mass is 484 g/mol. The largest absolute Gasteiger partial charge is 0.486 e. The third kappa shape index (κ3) is 5.83. The molecular formula is C24H24N2O7S. The van der Waals surface area contributed by atoms with Crippen molar-refractivity contribution in [2.24, 2.45) is 0 Å². The van der Waals surface area contributed by atoms with E-state index in [2.05, 4.69) is 5.32 Å². The maximum Gasteiger partial charge on any atom is 0.374 e. The van der Waals surface area contributed by atoms with Crippen molar-refractivity contribution in [1.82, 2.24) is 4.31 Å². The fourth-order valence-electron chi connectivity index (χ4n) is 3.45. The molecule has 2 heterocycles. The molecule has 1 fully saturated rings. The van der Waals surface area contributed by atoms with Crippen molar-refractivity contribution < 1.29 is 31.9 Å². The predicted octanol–water partition coefficient (Wildman–Crippen LogP) is 3.44. The molecule has 1 aromatic heterocycles. The fourth-order valence-corrected chi connectivity index (χ4v) is 5.01. The first kappa shape index (κ1) is 23.5. The average Bonchev–Trinajstić information content (AvgIpc) is 3.55. The van der Waals surface area contributed by atoms with Crippen LogP contribution in [-0.4, -0.2) is 44.3 Å². The van der Waals surface area contributed by atoms with Gasteiger partial charge in [-0.15, -0.1) is 0 Å². The smallest absolute Gasteiger partial charge is 0.374 e. The van der Waals surface area contributed by atoms with Crippen molar-refractivity contribution in [2.75, 3.05) is 25.0 Å². The lowest BCUT2D eigenvalue weighted by atomic mass is 10.3. The van der Waals surface area contributed by atoms with Gasteiger partial charge in [0.1, 0.15) is 18.1 Å². The minimum absolute atomic E-state index is 0.0573. The number of benzene rings is 2. The highest BCUT2D eigenvalue weighted by Gasteiger charge is 2.27. The minimum atomic E-state index is -3.61. The van der Waals surface area contributed by atoms with Gasteiger partial charge in [-0.2, -0.15) is 4.31 Å². The van der Waals surface area contributed by atoms with Crippen molar-refractivity contribution in [2.45, 2.75) is 24.3 Å². The van der Waals surface area contributed by atoms with Crippen LogP contribution in [0.1, 0.15) is 29.2 Å². The normalized spacial score (nSPS) is 14.0. The molecule has 2 aromatic carbocycles. The highest BCUT2D eigenvalue weighted by molar-refractivity contribution is 7.89. The number of furan rings is 1. The van der Waals surface area contributed by atoms with Gasteiger partial charge in [-0.05, 0) is 55.3 Å². The summed E-state index contributed by atoms with van der Waals surface area (Å²) in [6, 6.07) is 18.2. The van der Waals surface area contributed by atoms with Gasteiger partial charge in [0.05, 0.1) is 4.90 Å². The number of para-hydroxylation sites is 1.